The molecule has 108 valence electrons. The summed E-state index contributed by atoms with van der Waals surface area (Å²) in [4.78, 5) is 11.9. The smallest absolute Gasteiger partial charge is 0.343 e. The Kier molecular flexibility index (Phi) is 4.39. The normalized spacial score (nSPS) is 10.6. The number of aromatic nitrogens is 2. The maximum atomic E-state index is 11.9. The maximum Gasteiger partial charge on any atom is 0.343 e. The Labute approximate surface area is 121 Å². The lowest BCUT2D eigenvalue weighted by Crippen LogP contribution is -2.09. The third-order valence-corrected chi connectivity index (χ3v) is 3.85. The standard InChI is InChI=1S/C13H17N3O3S/c1-5-18-13(17)11-8(3)16-20-12(11)14-6-10-7(2)15-19-9(10)4/h14H,5-6H2,1-4H3. The zero-order chi connectivity index (χ0) is 14.7. The number of aryl methyl sites for hydroxylation is 3. The van der Waals surface area contributed by atoms with Crippen molar-refractivity contribution in [2.24, 2.45) is 0 Å². The lowest BCUT2D eigenvalue weighted by molar-refractivity contribution is 0.0527. The van der Waals surface area contributed by atoms with E-state index >= 15 is 0 Å². The van der Waals surface area contributed by atoms with Crippen LogP contribution < -0.4 is 5.32 Å². The van der Waals surface area contributed by atoms with E-state index < -0.39 is 0 Å². The second-order valence-electron chi connectivity index (χ2n) is 4.35. The summed E-state index contributed by atoms with van der Waals surface area (Å²) in [6.07, 6.45) is 0. The van der Waals surface area contributed by atoms with Crippen LogP contribution in [0.25, 0.3) is 0 Å². The molecule has 2 aromatic heterocycles. The first-order chi connectivity index (χ1) is 9.54. The highest BCUT2D eigenvalue weighted by Gasteiger charge is 2.20. The fraction of sp³-hybridized carbons (Fsp3) is 0.462. The van der Waals surface area contributed by atoms with Crippen molar-refractivity contribution in [3.8, 4) is 0 Å². The van der Waals surface area contributed by atoms with Gasteiger partial charge in [-0.25, -0.2) is 4.79 Å². The van der Waals surface area contributed by atoms with Gasteiger partial charge < -0.3 is 14.6 Å². The summed E-state index contributed by atoms with van der Waals surface area (Å²) in [6.45, 7) is 8.21. The molecule has 0 aliphatic carbocycles. The topological polar surface area (TPSA) is 77.2 Å². The van der Waals surface area contributed by atoms with E-state index in [1.54, 1.807) is 13.8 Å². The van der Waals surface area contributed by atoms with Crippen LogP contribution in [0.2, 0.25) is 0 Å². The van der Waals surface area contributed by atoms with E-state index in [1.807, 2.05) is 13.8 Å². The molecule has 0 bridgehead atoms. The van der Waals surface area contributed by atoms with Crippen LogP contribution in [0.5, 0.6) is 0 Å². The average Bonchev–Trinajstić information content (AvgIpc) is 2.92. The van der Waals surface area contributed by atoms with Crippen LogP contribution in [-0.2, 0) is 11.3 Å². The van der Waals surface area contributed by atoms with Gasteiger partial charge in [0, 0.05) is 12.1 Å². The quantitative estimate of drug-likeness (QED) is 0.855. The van der Waals surface area contributed by atoms with Crippen molar-refractivity contribution in [3.63, 3.8) is 0 Å². The Morgan fingerprint density at radius 3 is 2.70 bits per heavy atom. The lowest BCUT2D eigenvalue weighted by Gasteiger charge is -2.06. The third kappa shape index (κ3) is 2.82. The Hall–Kier alpha value is -1.89. The second-order valence-corrected chi connectivity index (χ2v) is 5.12. The van der Waals surface area contributed by atoms with Crippen LogP contribution >= 0.6 is 11.5 Å². The summed E-state index contributed by atoms with van der Waals surface area (Å²) in [7, 11) is 0. The molecule has 0 saturated heterocycles. The molecule has 0 aromatic carbocycles. The minimum atomic E-state index is -0.347. The molecule has 0 amide bonds. The van der Waals surface area contributed by atoms with E-state index in [4.69, 9.17) is 9.26 Å². The first-order valence-corrected chi connectivity index (χ1v) is 7.11. The van der Waals surface area contributed by atoms with Crippen LogP contribution in [0.1, 0.15) is 40.0 Å². The molecule has 0 aliphatic rings. The molecule has 7 heteroatoms. The van der Waals surface area contributed by atoms with E-state index in [1.165, 1.54) is 11.5 Å². The van der Waals surface area contributed by atoms with Crippen molar-refractivity contribution in [1.29, 1.82) is 0 Å². The number of rotatable bonds is 5. The molecule has 0 saturated carbocycles. The van der Waals surface area contributed by atoms with Gasteiger partial charge in [-0.1, -0.05) is 5.16 Å². The molecule has 6 nitrogen and oxygen atoms in total. The molecular weight excluding hydrogens is 278 g/mol. The average molecular weight is 295 g/mol. The van der Waals surface area contributed by atoms with Crippen LogP contribution in [0.15, 0.2) is 4.52 Å². The summed E-state index contributed by atoms with van der Waals surface area (Å²) in [5.74, 6) is 0.425. The highest BCUT2D eigenvalue weighted by atomic mass is 32.1. The number of nitrogens with one attached hydrogen (secondary N) is 1. The van der Waals surface area contributed by atoms with Crippen molar-refractivity contribution >= 4 is 22.5 Å². The summed E-state index contributed by atoms with van der Waals surface area (Å²) < 4.78 is 14.4. The molecule has 2 heterocycles. The highest BCUT2D eigenvalue weighted by Crippen LogP contribution is 2.26. The van der Waals surface area contributed by atoms with Crippen molar-refractivity contribution in [1.82, 2.24) is 9.53 Å². The van der Waals surface area contributed by atoms with Gasteiger partial charge in [0.15, 0.2) is 0 Å². The van der Waals surface area contributed by atoms with Crippen molar-refractivity contribution in [2.75, 3.05) is 11.9 Å². The van der Waals surface area contributed by atoms with Gasteiger partial charge >= 0.3 is 5.97 Å². The van der Waals surface area contributed by atoms with Gasteiger partial charge in [-0.3, -0.25) is 0 Å². The Morgan fingerprint density at radius 2 is 2.10 bits per heavy atom. The largest absolute Gasteiger partial charge is 0.462 e. The van der Waals surface area contributed by atoms with Gasteiger partial charge in [0.2, 0.25) is 0 Å². The number of ether oxygens (including phenoxy) is 1. The summed E-state index contributed by atoms with van der Waals surface area (Å²) >= 11 is 1.25. The lowest BCUT2D eigenvalue weighted by atomic mass is 10.2. The minimum absolute atomic E-state index is 0.345. The molecular formula is C13H17N3O3S. The zero-order valence-corrected chi connectivity index (χ0v) is 12.8. The molecule has 0 spiro atoms. The third-order valence-electron chi connectivity index (χ3n) is 2.95. The van der Waals surface area contributed by atoms with E-state index in [0.29, 0.717) is 29.4 Å². The molecule has 2 aromatic rings. The van der Waals surface area contributed by atoms with Crippen LogP contribution in [0.4, 0.5) is 5.00 Å². The molecule has 2 rings (SSSR count). The minimum Gasteiger partial charge on any atom is -0.462 e. The van der Waals surface area contributed by atoms with Gasteiger partial charge in [0.05, 0.1) is 18.0 Å². The second kappa shape index (κ2) is 6.04. The fourth-order valence-electron chi connectivity index (χ4n) is 1.86. The van der Waals surface area contributed by atoms with Gasteiger partial charge in [0.25, 0.3) is 0 Å². The number of esters is 1. The number of nitrogens with zero attached hydrogens (tertiary/aromatic N) is 2. The van der Waals surface area contributed by atoms with Crippen LogP contribution in [0, 0.1) is 20.8 Å². The number of anilines is 1. The van der Waals surface area contributed by atoms with Crippen LogP contribution in [-0.4, -0.2) is 22.1 Å². The molecule has 0 atom stereocenters. The number of hydrogen-bond acceptors (Lipinski definition) is 7. The molecule has 0 unspecified atom stereocenters. The SMILES string of the molecule is CCOC(=O)c1c(C)nsc1NCc1c(C)noc1C. The molecule has 20 heavy (non-hydrogen) atoms. The van der Waals surface area contributed by atoms with E-state index in [0.717, 1.165) is 17.0 Å². The van der Waals surface area contributed by atoms with Gasteiger partial charge in [-0.15, -0.1) is 0 Å². The monoisotopic (exact) mass is 295 g/mol. The van der Waals surface area contributed by atoms with Crippen molar-refractivity contribution in [3.05, 3.63) is 28.3 Å². The van der Waals surface area contributed by atoms with Gasteiger partial charge in [-0.2, -0.15) is 4.37 Å². The van der Waals surface area contributed by atoms with Crippen molar-refractivity contribution in [2.45, 2.75) is 34.2 Å². The Balaban J connectivity index is 2.16. The summed E-state index contributed by atoms with van der Waals surface area (Å²) in [6, 6.07) is 0. The molecule has 0 fully saturated rings. The van der Waals surface area contributed by atoms with Gasteiger partial charge in [0.1, 0.15) is 16.3 Å². The van der Waals surface area contributed by atoms with E-state index in [2.05, 4.69) is 14.8 Å². The first kappa shape index (κ1) is 14.5. The van der Waals surface area contributed by atoms with E-state index in [9.17, 15) is 4.79 Å². The van der Waals surface area contributed by atoms with Crippen molar-refractivity contribution < 1.29 is 14.1 Å². The number of carbonyl (C=O) groups is 1. The molecule has 0 aliphatic heterocycles. The molecule has 1 N–H and O–H groups in total. The number of hydrogen-bond donors (Lipinski definition) is 1. The van der Waals surface area contributed by atoms with Crippen LogP contribution in [0.3, 0.4) is 0 Å². The zero-order valence-electron chi connectivity index (χ0n) is 11.9. The summed E-state index contributed by atoms with van der Waals surface area (Å²) in [5.41, 5.74) is 3.01. The predicted octanol–water partition coefficient (Wildman–Crippen LogP) is 2.85. The van der Waals surface area contributed by atoms with E-state index in [-0.39, 0.29) is 5.97 Å². The molecule has 0 radical (unpaired) electrons. The highest BCUT2D eigenvalue weighted by molar-refractivity contribution is 7.10. The fourth-order valence-corrected chi connectivity index (χ4v) is 2.64. The maximum absolute atomic E-state index is 11.9. The Morgan fingerprint density at radius 1 is 1.35 bits per heavy atom. The first-order valence-electron chi connectivity index (χ1n) is 6.33. The summed E-state index contributed by atoms with van der Waals surface area (Å²) in [5, 5.41) is 7.82. The Bertz CT molecular complexity index is 599. The van der Waals surface area contributed by atoms with Gasteiger partial charge in [-0.05, 0) is 39.2 Å². The predicted molar refractivity (Wildman–Crippen MR) is 76.1 cm³/mol. The number of carbonyl (C=O) groups excluding carboxylic acids is 1.